The van der Waals surface area contributed by atoms with E-state index >= 15 is 0 Å². The molecule has 0 aliphatic carbocycles. The van der Waals surface area contributed by atoms with Gasteiger partial charge in [-0.2, -0.15) is 0 Å². The Morgan fingerprint density at radius 3 is 2.75 bits per heavy atom. The maximum Gasteiger partial charge on any atom is 0.131 e. The van der Waals surface area contributed by atoms with Crippen LogP contribution in [0.25, 0.3) is 11.1 Å². The molecule has 20 heavy (non-hydrogen) atoms. The maximum absolute atomic E-state index is 13.8. The lowest BCUT2D eigenvalue weighted by Gasteiger charge is -2.12. The molecular weight excluding hydrogens is 300 g/mol. The van der Waals surface area contributed by atoms with E-state index < -0.39 is 0 Å². The summed E-state index contributed by atoms with van der Waals surface area (Å²) in [7, 11) is 0. The first-order valence-electron chi connectivity index (χ1n) is 6.23. The third kappa shape index (κ3) is 2.37. The van der Waals surface area contributed by atoms with Gasteiger partial charge in [0.25, 0.3) is 0 Å². The van der Waals surface area contributed by atoms with Crippen LogP contribution in [0, 0.1) is 5.82 Å². The summed E-state index contributed by atoms with van der Waals surface area (Å²) < 4.78 is 19.6. The fourth-order valence-corrected chi connectivity index (χ4v) is 2.82. The molecule has 104 valence electrons. The Morgan fingerprint density at radius 2 is 2.00 bits per heavy atom. The van der Waals surface area contributed by atoms with Crippen LogP contribution in [0.5, 0.6) is 5.75 Å². The van der Waals surface area contributed by atoms with Gasteiger partial charge >= 0.3 is 0 Å². The highest BCUT2D eigenvalue weighted by Crippen LogP contribution is 2.42. The third-order valence-electron chi connectivity index (χ3n) is 3.34. The Labute approximate surface area is 126 Å². The molecule has 0 saturated carbocycles. The van der Waals surface area contributed by atoms with Gasteiger partial charge in [0.2, 0.25) is 0 Å². The Morgan fingerprint density at radius 1 is 1.20 bits per heavy atom. The average molecular weight is 312 g/mol. The van der Waals surface area contributed by atoms with E-state index in [0.29, 0.717) is 39.9 Å². The van der Waals surface area contributed by atoms with E-state index in [-0.39, 0.29) is 11.9 Å². The van der Waals surface area contributed by atoms with Crippen molar-refractivity contribution < 1.29 is 9.13 Å². The topological polar surface area (TPSA) is 35.2 Å². The van der Waals surface area contributed by atoms with E-state index in [1.807, 2.05) is 0 Å². The van der Waals surface area contributed by atoms with Crippen molar-refractivity contribution in [2.24, 2.45) is 5.73 Å². The molecule has 2 nitrogen and oxygen atoms in total. The first kappa shape index (κ1) is 13.7. The number of ether oxygens (including phenoxy) is 1. The van der Waals surface area contributed by atoms with Gasteiger partial charge in [-0.25, -0.2) is 4.39 Å². The van der Waals surface area contributed by atoms with E-state index in [9.17, 15) is 4.39 Å². The molecule has 1 aliphatic heterocycles. The van der Waals surface area contributed by atoms with Crippen LogP contribution in [-0.2, 0) is 6.42 Å². The van der Waals surface area contributed by atoms with Gasteiger partial charge in [0.05, 0.1) is 0 Å². The van der Waals surface area contributed by atoms with Crippen molar-refractivity contribution in [3.05, 3.63) is 51.8 Å². The predicted molar refractivity (Wildman–Crippen MR) is 79.0 cm³/mol. The lowest BCUT2D eigenvalue weighted by atomic mass is 10.00. The monoisotopic (exact) mass is 311 g/mol. The van der Waals surface area contributed by atoms with Crippen molar-refractivity contribution in [2.75, 3.05) is 6.54 Å². The van der Waals surface area contributed by atoms with Crippen LogP contribution in [0.15, 0.2) is 30.3 Å². The molecule has 1 heterocycles. The molecule has 0 fully saturated rings. The number of hydrogen-bond acceptors (Lipinski definition) is 2. The van der Waals surface area contributed by atoms with Crippen molar-refractivity contribution in [1.29, 1.82) is 0 Å². The van der Waals surface area contributed by atoms with Crippen molar-refractivity contribution in [2.45, 2.75) is 12.5 Å². The summed E-state index contributed by atoms with van der Waals surface area (Å²) >= 11 is 12.2. The molecule has 2 aromatic rings. The van der Waals surface area contributed by atoms with Crippen LogP contribution in [-0.4, -0.2) is 12.6 Å². The predicted octanol–water partition coefficient (Wildman–Crippen LogP) is 4.06. The summed E-state index contributed by atoms with van der Waals surface area (Å²) in [5, 5.41) is 1.04. The fraction of sp³-hybridized carbons (Fsp3) is 0.200. The zero-order valence-corrected chi connectivity index (χ0v) is 12.0. The van der Waals surface area contributed by atoms with Gasteiger partial charge < -0.3 is 10.5 Å². The average Bonchev–Trinajstić information content (AvgIpc) is 2.83. The summed E-state index contributed by atoms with van der Waals surface area (Å²) in [6, 6.07) is 7.97. The minimum atomic E-state index is -0.323. The Kier molecular flexibility index (Phi) is 3.59. The Hall–Kier alpha value is -1.29. The van der Waals surface area contributed by atoms with Crippen LogP contribution in [0.3, 0.4) is 0 Å². The molecule has 0 unspecified atom stereocenters. The maximum atomic E-state index is 13.8. The van der Waals surface area contributed by atoms with Gasteiger partial charge in [0.15, 0.2) is 0 Å². The summed E-state index contributed by atoms with van der Waals surface area (Å²) in [4.78, 5) is 0. The van der Waals surface area contributed by atoms with Crippen LogP contribution in [0.2, 0.25) is 10.0 Å². The first-order chi connectivity index (χ1) is 9.58. The van der Waals surface area contributed by atoms with Crippen molar-refractivity contribution in [1.82, 2.24) is 0 Å². The molecule has 0 spiro atoms. The molecule has 2 N–H and O–H groups in total. The largest absolute Gasteiger partial charge is 0.488 e. The zero-order chi connectivity index (χ0) is 14.3. The normalized spacial score (nSPS) is 16.9. The molecule has 0 amide bonds. The molecule has 0 bridgehead atoms. The number of hydrogen-bond donors (Lipinski definition) is 1. The lowest BCUT2D eigenvalue weighted by molar-refractivity contribution is 0.242. The van der Waals surface area contributed by atoms with E-state index in [1.165, 1.54) is 12.1 Å². The van der Waals surface area contributed by atoms with Gasteiger partial charge in [-0.1, -0.05) is 23.2 Å². The highest BCUT2D eigenvalue weighted by Gasteiger charge is 2.26. The smallest absolute Gasteiger partial charge is 0.131 e. The second kappa shape index (κ2) is 5.24. The van der Waals surface area contributed by atoms with E-state index in [1.54, 1.807) is 18.2 Å². The summed E-state index contributed by atoms with van der Waals surface area (Å²) in [6.45, 7) is 0.388. The summed E-state index contributed by atoms with van der Waals surface area (Å²) in [5.41, 5.74) is 7.71. The van der Waals surface area contributed by atoms with Crippen molar-refractivity contribution in [3.8, 4) is 16.9 Å². The molecular formula is C15H12Cl2FNO. The fourth-order valence-electron chi connectivity index (χ4n) is 2.43. The second-order valence-electron chi connectivity index (χ2n) is 4.75. The highest BCUT2D eigenvalue weighted by atomic mass is 35.5. The molecule has 0 saturated heterocycles. The van der Waals surface area contributed by atoms with Crippen molar-refractivity contribution >= 4 is 23.2 Å². The molecule has 1 aliphatic rings. The number of fused-ring (bicyclic) bond motifs is 1. The number of benzene rings is 2. The van der Waals surface area contributed by atoms with Gasteiger partial charge in [-0.15, -0.1) is 0 Å². The molecule has 2 aromatic carbocycles. The number of halogens is 3. The van der Waals surface area contributed by atoms with Crippen LogP contribution in [0.1, 0.15) is 5.56 Å². The second-order valence-corrected chi connectivity index (χ2v) is 5.59. The van der Waals surface area contributed by atoms with Gasteiger partial charge in [-0.05, 0) is 30.3 Å². The Balaban J connectivity index is 2.18. The quantitative estimate of drug-likeness (QED) is 0.907. The summed E-state index contributed by atoms with van der Waals surface area (Å²) in [6.07, 6.45) is 0.484. The minimum absolute atomic E-state index is 0.122. The van der Waals surface area contributed by atoms with Gasteiger partial charge in [0, 0.05) is 39.7 Å². The van der Waals surface area contributed by atoms with Crippen LogP contribution >= 0.6 is 23.2 Å². The molecule has 0 radical (unpaired) electrons. The lowest BCUT2D eigenvalue weighted by Crippen LogP contribution is -2.24. The molecule has 1 atom stereocenters. The zero-order valence-electron chi connectivity index (χ0n) is 10.5. The molecule has 0 aromatic heterocycles. The minimum Gasteiger partial charge on any atom is -0.488 e. The SMILES string of the molecule is NC[C@H]1Cc2cc(F)cc(-c3cc(Cl)ccc3Cl)c2O1. The molecule has 5 heteroatoms. The van der Waals surface area contributed by atoms with Gasteiger partial charge in [0.1, 0.15) is 17.7 Å². The molecule has 3 rings (SSSR count). The van der Waals surface area contributed by atoms with Crippen molar-refractivity contribution in [3.63, 3.8) is 0 Å². The van der Waals surface area contributed by atoms with Crippen LogP contribution < -0.4 is 10.5 Å². The Bertz CT molecular complexity index is 675. The van der Waals surface area contributed by atoms with E-state index in [2.05, 4.69) is 0 Å². The number of nitrogens with two attached hydrogens (primary N) is 1. The standard InChI is InChI=1S/C15H12Cl2FNO/c16-9-1-2-14(17)12(5-9)13-6-10(18)3-8-4-11(7-19)20-15(8)13/h1-3,5-6,11H,4,7,19H2/t11-/m1/s1. The van der Waals surface area contributed by atoms with E-state index in [4.69, 9.17) is 33.7 Å². The van der Waals surface area contributed by atoms with E-state index in [0.717, 1.165) is 5.56 Å². The van der Waals surface area contributed by atoms with Crippen LogP contribution in [0.4, 0.5) is 4.39 Å². The first-order valence-corrected chi connectivity index (χ1v) is 6.98. The summed E-state index contributed by atoms with van der Waals surface area (Å²) in [5.74, 6) is 0.321. The van der Waals surface area contributed by atoms with Gasteiger partial charge in [-0.3, -0.25) is 0 Å². The number of rotatable bonds is 2. The third-order valence-corrected chi connectivity index (χ3v) is 3.91. The highest BCUT2D eigenvalue weighted by molar-refractivity contribution is 6.35.